The first kappa shape index (κ1) is 10.7. The van der Waals surface area contributed by atoms with E-state index in [-0.39, 0.29) is 10.6 Å². The molecule has 0 aromatic heterocycles. The maximum absolute atomic E-state index is 10.6. The molecule has 0 unspecified atom stereocenters. The first-order valence-electron chi connectivity index (χ1n) is 5.23. The second kappa shape index (κ2) is 3.96. The van der Waals surface area contributed by atoms with E-state index in [1.807, 2.05) is 25.1 Å². The number of allylic oxidation sites excluding steroid dienone is 1. The molecule has 0 spiro atoms. The molecule has 1 aliphatic carbocycles. The van der Waals surface area contributed by atoms with Crippen LogP contribution in [0.2, 0.25) is 0 Å². The Labute approximate surface area is 94.3 Å². The Balaban J connectivity index is 2.40. The van der Waals surface area contributed by atoms with Crippen LogP contribution in [0.5, 0.6) is 0 Å². The maximum atomic E-state index is 10.6. The van der Waals surface area contributed by atoms with Crippen molar-refractivity contribution in [3.63, 3.8) is 0 Å². The molecular weight excluding hydrogens is 204 g/mol. The van der Waals surface area contributed by atoms with Gasteiger partial charge in [-0.05, 0) is 35.6 Å². The second-order valence-corrected chi connectivity index (χ2v) is 4.22. The third-order valence-electron chi connectivity index (χ3n) is 2.72. The van der Waals surface area contributed by atoms with Crippen LogP contribution in [0.25, 0.3) is 5.57 Å². The predicted molar refractivity (Wildman–Crippen MR) is 63.1 cm³/mol. The van der Waals surface area contributed by atoms with E-state index in [1.165, 1.54) is 5.57 Å². The number of fused-ring (bicyclic) bond motifs is 1. The molecule has 16 heavy (non-hydrogen) atoms. The Kier molecular flexibility index (Phi) is 2.64. The van der Waals surface area contributed by atoms with Gasteiger partial charge in [-0.3, -0.25) is 10.1 Å². The Morgan fingerprint density at radius 2 is 2.12 bits per heavy atom. The van der Waals surface area contributed by atoms with E-state index in [9.17, 15) is 10.1 Å². The van der Waals surface area contributed by atoms with E-state index in [0.29, 0.717) is 0 Å². The summed E-state index contributed by atoms with van der Waals surface area (Å²) in [7, 11) is 3.97. The van der Waals surface area contributed by atoms with Crippen LogP contribution in [0.3, 0.4) is 0 Å². The highest BCUT2D eigenvalue weighted by Gasteiger charge is 2.19. The molecule has 4 nitrogen and oxygen atoms in total. The van der Waals surface area contributed by atoms with Gasteiger partial charge in [0.1, 0.15) is 0 Å². The second-order valence-electron chi connectivity index (χ2n) is 4.22. The maximum Gasteiger partial charge on any atom is 0.269 e. The zero-order chi connectivity index (χ0) is 11.7. The summed E-state index contributed by atoms with van der Waals surface area (Å²) in [5, 5.41) is 10.6. The van der Waals surface area contributed by atoms with Gasteiger partial charge in [0.05, 0.1) is 4.92 Å². The average Bonchev–Trinajstić information content (AvgIpc) is 2.60. The molecular formula is C12H14N2O2. The monoisotopic (exact) mass is 218 g/mol. The topological polar surface area (TPSA) is 46.4 Å². The number of non-ortho nitro benzene ring substituents is 1. The number of hydrogen-bond donors (Lipinski definition) is 0. The van der Waals surface area contributed by atoms with Crippen molar-refractivity contribution < 1.29 is 4.92 Å². The van der Waals surface area contributed by atoms with Crippen molar-refractivity contribution in [2.75, 3.05) is 14.1 Å². The summed E-state index contributed by atoms with van der Waals surface area (Å²) in [6.07, 6.45) is 3.95. The normalized spacial score (nSPS) is 16.2. The van der Waals surface area contributed by atoms with Gasteiger partial charge in [0.25, 0.3) is 5.69 Å². The highest BCUT2D eigenvalue weighted by atomic mass is 16.6. The van der Waals surface area contributed by atoms with Gasteiger partial charge in [-0.15, -0.1) is 0 Å². The molecule has 2 rings (SSSR count). The third kappa shape index (κ3) is 1.91. The number of aryl methyl sites for hydroxylation is 1. The summed E-state index contributed by atoms with van der Waals surface area (Å²) in [6, 6.07) is 5.12. The van der Waals surface area contributed by atoms with E-state index >= 15 is 0 Å². The van der Waals surface area contributed by atoms with Crippen molar-refractivity contribution in [2.45, 2.75) is 12.8 Å². The molecule has 0 radical (unpaired) electrons. The van der Waals surface area contributed by atoms with Crippen LogP contribution >= 0.6 is 0 Å². The van der Waals surface area contributed by atoms with Crippen LogP contribution in [-0.4, -0.2) is 23.9 Å². The van der Waals surface area contributed by atoms with Crippen molar-refractivity contribution in [3.8, 4) is 0 Å². The number of nitro groups is 1. The summed E-state index contributed by atoms with van der Waals surface area (Å²) in [5.41, 5.74) is 3.68. The van der Waals surface area contributed by atoms with Crippen LogP contribution in [0.15, 0.2) is 24.4 Å². The van der Waals surface area contributed by atoms with Crippen molar-refractivity contribution >= 4 is 11.3 Å². The Morgan fingerprint density at radius 3 is 2.75 bits per heavy atom. The molecule has 84 valence electrons. The molecule has 0 atom stereocenters. The molecule has 0 amide bonds. The predicted octanol–water partition coefficient (Wildman–Crippen LogP) is 2.44. The zero-order valence-electron chi connectivity index (χ0n) is 9.43. The van der Waals surface area contributed by atoms with E-state index in [2.05, 4.69) is 6.20 Å². The molecule has 0 fully saturated rings. The van der Waals surface area contributed by atoms with Gasteiger partial charge < -0.3 is 4.90 Å². The molecule has 1 aromatic rings. The minimum Gasteiger partial charge on any atom is -0.383 e. The molecule has 0 N–H and O–H groups in total. The van der Waals surface area contributed by atoms with Gasteiger partial charge in [0, 0.05) is 32.4 Å². The first-order valence-corrected chi connectivity index (χ1v) is 5.23. The number of hydrogen-bond acceptors (Lipinski definition) is 3. The number of nitrogens with zero attached hydrogens (tertiary/aromatic N) is 2. The van der Waals surface area contributed by atoms with Crippen molar-refractivity contribution in [2.24, 2.45) is 0 Å². The summed E-state index contributed by atoms with van der Waals surface area (Å²) in [6.45, 7) is 0. The van der Waals surface area contributed by atoms with Crippen LogP contribution in [0.4, 0.5) is 5.69 Å². The van der Waals surface area contributed by atoms with E-state index in [4.69, 9.17) is 0 Å². The van der Waals surface area contributed by atoms with Gasteiger partial charge in [-0.1, -0.05) is 0 Å². The highest BCUT2D eigenvalue weighted by Crippen LogP contribution is 2.34. The highest BCUT2D eigenvalue weighted by molar-refractivity contribution is 5.73. The van der Waals surface area contributed by atoms with Gasteiger partial charge >= 0.3 is 0 Å². The molecule has 0 saturated carbocycles. The molecule has 1 aliphatic rings. The summed E-state index contributed by atoms with van der Waals surface area (Å²) >= 11 is 0. The lowest BCUT2D eigenvalue weighted by Gasteiger charge is -2.07. The van der Waals surface area contributed by atoms with E-state index in [0.717, 1.165) is 24.0 Å². The average molecular weight is 218 g/mol. The smallest absolute Gasteiger partial charge is 0.269 e. The Bertz CT molecular complexity index is 464. The standard InChI is InChI=1S/C12H14N2O2/c1-13(2)8-10-4-3-9-7-11(14(15)16)5-6-12(9)10/h5-8H,3-4H2,1-2H3/b10-8+. The lowest BCUT2D eigenvalue weighted by Crippen LogP contribution is -2.01. The molecule has 0 heterocycles. The molecule has 0 saturated heterocycles. The fourth-order valence-corrected chi connectivity index (χ4v) is 2.06. The molecule has 0 bridgehead atoms. The quantitative estimate of drug-likeness (QED) is 0.565. The van der Waals surface area contributed by atoms with Gasteiger partial charge in [0.2, 0.25) is 0 Å². The molecule has 1 aromatic carbocycles. The van der Waals surface area contributed by atoms with Crippen LogP contribution in [-0.2, 0) is 6.42 Å². The number of rotatable bonds is 2. The minimum atomic E-state index is -0.339. The lowest BCUT2D eigenvalue weighted by atomic mass is 10.1. The largest absolute Gasteiger partial charge is 0.383 e. The van der Waals surface area contributed by atoms with Crippen LogP contribution in [0, 0.1) is 10.1 Å². The van der Waals surface area contributed by atoms with Crippen LogP contribution < -0.4 is 0 Å². The van der Waals surface area contributed by atoms with Gasteiger partial charge in [0.15, 0.2) is 0 Å². The van der Waals surface area contributed by atoms with Gasteiger partial charge in [-0.25, -0.2) is 0 Å². The Hall–Kier alpha value is -1.84. The summed E-state index contributed by atoms with van der Waals surface area (Å²) < 4.78 is 0. The van der Waals surface area contributed by atoms with Crippen molar-refractivity contribution in [1.29, 1.82) is 0 Å². The minimum absolute atomic E-state index is 0.185. The third-order valence-corrected chi connectivity index (χ3v) is 2.72. The van der Waals surface area contributed by atoms with Crippen molar-refractivity contribution in [3.05, 3.63) is 45.6 Å². The van der Waals surface area contributed by atoms with Gasteiger partial charge in [-0.2, -0.15) is 0 Å². The summed E-state index contributed by atoms with van der Waals surface area (Å²) in [4.78, 5) is 12.3. The van der Waals surface area contributed by atoms with E-state index in [1.54, 1.807) is 12.1 Å². The SMILES string of the molecule is CN(C)/C=C1\CCc2cc([N+](=O)[O-])ccc21. The summed E-state index contributed by atoms with van der Waals surface area (Å²) in [5.74, 6) is 0. The molecule has 4 heteroatoms. The van der Waals surface area contributed by atoms with Crippen LogP contribution in [0.1, 0.15) is 17.5 Å². The fourth-order valence-electron chi connectivity index (χ4n) is 2.06. The number of nitro benzene ring substituents is 1. The molecule has 0 aliphatic heterocycles. The van der Waals surface area contributed by atoms with Crippen molar-refractivity contribution in [1.82, 2.24) is 4.90 Å². The number of benzene rings is 1. The fraction of sp³-hybridized carbons (Fsp3) is 0.333. The Morgan fingerprint density at radius 1 is 1.38 bits per heavy atom. The first-order chi connectivity index (χ1) is 7.58. The van der Waals surface area contributed by atoms with E-state index < -0.39 is 0 Å². The zero-order valence-corrected chi connectivity index (χ0v) is 9.43. The lowest BCUT2D eigenvalue weighted by molar-refractivity contribution is -0.384.